The third-order valence-electron chi connectivity index (χ3n) is 5.50. The molecule has 0 aliphatic carbocycles. The average molecular weight is 390 g/mol. The molecule has 0 aromatic heterocycles. The standard InChI is InChI=1S/C25H31N3O/c1-7-10-22(19(4)28-14-13-21(20(5)29)15-17(28)2)23-11-8-9-12-24(23)25-16-27(6)26-18(25)3/h8-9,11-16,18,26H,2,7,10H2,1,3-6H3/b22-19+. The molecule has 2 aliphatic heterocycles. The van der Waals surface area contributed by atoms with Crippen molar-refractivity contribution >= 4 is 16.9 Å². The molecule has 1 unspecified atom stereocenters. The lowest BCUT2D eigenvalue weighted by Gasteiger charge is -2.28. The maximum atomic E-state index is 11.7. The minimum absolute atomic E-state index is 0.0570. The van der Waals surface area contributed by atoms with Crippen LogP contribution < -0.4 is 5.43 Å². The van der Waals surface area contributed by atoms with Crippen molar-refractivity contribution in [1.29, 1.82) is 0 Å². The van der Waals surface area contributed by atoms with Crippen molar-refractivity contribution in [3.05, 3.63) is 83.5 Å². The van der Waals surface area contributed by atoms with Gasteiger partial charge in [-0.2, -0.15) is 0 Å². The first-order chi connectivity index (χ1) is 13.8. The molecule has 29 heavy (non-hydrogen) atoms. The zero-order chi connectivity index (χ0) is 21.1. The van der Waals surface area contributed by atoms with Crippen molar-refractivity contribution in [2.75, 3.05) is 7.05 Å². The Labute approximate surface area is 174 Å². The highest BCUT2D eigenvalue weighted by Gasteiger charge is 2.23. The lowest BCUT2D eigenvalue weighted by molar-refractivity contribution is -0.113. The molecular formula is C25H31N3O. The minimum atomic E-state index is 0.0570. The minimum Gasteiger partial charge on any atom is -0.321 e. The summed E-state index contributed by atoms with van der Waals surface area (Å²) in [4.78, 5) is 13.8. The Bertz CT molecular complexity index is 949. The average Bonchev–Trinajstić information content (AvgIpc) is 3.03. The van der Waals surface area contributed by atoms with Gasteiger partial charge in [-0.25, -0.2) is 5.43 Å². The normalized spacial score (nSPS) is 19.9. The number of hydrogen-bond acceptors (Lipinski definition) is 4. The molecule has 0 saturated heterocycles. The molecule has 152 valence electrons. The third kappa shape index (κ3) is 4.28. The number of hydrazine groups is 1. The van der Waals surface area contributed by atoms with E-state index in [2.05, 4.69) is 68.1 Å². The number of carbonyl (C=O) groups excluding carboxylic acids is 1. The monoisotopic (exact) mass is 389 g/mol. The van der Waals surface area contributed by atoms with Gasteiger partial charge in [-0.1, -0.05) is 44.2 Å². The maximum absolute atomic E-state index is 11.7. The lowest BCUT2D eigenvalue weighted by atomic mass is 9.89. The summed E-state index contributed by atoms with van der Waals surface area (Å²) in [5.41, 5.74) is 11.2. The van der Waals surface area contributed by atoms with E-state index in [-0.39, 0.29) is 11.8 Å². The Morgan fingerprint density at radius 1 is 1.24 bits per heavy atom. The summed E-state index contributed by atoms with van der Waals surface area (Å²) in [6, 6.07) is 8.88. The van der Waals surface area contributed by atoms with E-state index >= 15 is 0 Å². The molecule has 0 amide bonds. The van der Waals surface area contributed by atoms with Gasteiger partial charge in [0.05, 0.1) is 6.04 Å². The SMILES string of the molecule is C=C1C=C(C(C)=O)C=CN1/C(C)=C(\CCC)c1ccccc1C1=CN(C)NC1C. The molecule has 2 aliphatic rings. The van der Waals surface area contributed by atoms with Crippen LogP contribution in [0.1, 0.15) is 51.7 Å². The molecule has 0 spiro atoms. The van der Waals surface area contributed by atoms with Gasteiger partial charge < -0.3 is 9.91 Å². The molecule has 1 aromatic rings. The maximum Gasteiger partial charge on any atom is 0.159 e. The van der Waals surface area contributed by atoms with Gasteiger partial charge in [-0.15, -0.1) is 0 Å². The number of nitrogens with zero attached hydrogens (tertiary/aromatic N) is 2. The summed E-state index contributed by atoms with van der Waals surface area (Å²) >= 11 is 0. The molecule has 4 nitrogen and oxygen atoms in total. The second-order valence-corrected chi connectivity index (χ2v) is 7.74. The first-order valence-corrected chi connectivity index (χ1v) is 10.2. The van der Waals surface area contributed by atoms with Crippen LogP contribution >= 0.6 is 0 Å². The van der Waals surface area contributed by atoms with Crippen LogP contribution in [0.2, 0.25) is 0 Å². The highest BCUT2D eigenvalue weighted by Crippen LogP contribution is 2.36. The van der Waals surface area contributed by atoms with E-state index in [4.69, 9.17) is 0 Å². The van der Waals surface area contributed by atoms with Gasteiger partial charge in [0.1, 0.15) is 0 Å². The predicted octanol–water partition coefficient (Wildman–Crippen LogP) is 5.26. The number of hydrogen-bond donors (Lipinski definition) is 1. The Morgan fingerprint density at radius 2 is 1.97 bits per heavy atom. The van der Waals surface area contributed by atoms with Crippen molar-refractivity contribution in [1.82, 2.24) is 15.3 Å². The first kappa shape index (κ1) is 20.9. The largest absolute Gasteiger partial charge is 0.321 e. The van der Waals surface area contributed by atoms with E-state index in [1.54, 1.807) is 6.92 Å². The van der Waals surface area contributed by atoms with Crippen LogP contribution in [0.5, 0.6) is 0 Å². The van der Waals surface area contributed by atoms with Crippen LogP contribution in [0, 0.1) is 0 Å². The Kier molecular flexibility index (Phi) is 6.23. The van der Waals surface area contributed by atoms with E-state index in [1.807, 2.05) is 30.4 Å². The molecule has 0 saturated carbocycles. The molecule has 0 radical (unpaired) electrons. The third-order valence-corrected chi connectivity index (χ3v) is 5.50. The number of ketones is 1. The number of rotatable bonds is 6. The number of carbonyl (C=O) groups is 1. The van der Waals surface area contributed by atoms with Gasteiger partial charge in [0.15, 0.2) is 5.78 Å². The van der Waals surface area contributed by atoms with Gasteiger partial charge in [0, 0.05) is 36.4 Å². The molecule has 0 bridgehead atoms. The fraction of sp³-hybridized carbons (Fsp3) is 0.320. The molecule has 1 atom stereocenters. The highest BCUT2D eigenvalue weighted by atomic mass is 16.1. The number of benzene rings is 1. The molecule has 2 heterocycles. The fourth-order valence-electron chi connectivity index (χ4n) is 4.03. The second kappa shape index (κ2) is 8.66. The Hall–Kier alpha value is -2.85. The summed E-state index contributed by atoms with van der Waals surface area (Å²) in [7, 11) is 2.03. The van der Waals surface area contributed by atoms with Crippen LogP contribution in [0.4, 0.5) is 0 Å². The second-order valence-electron chi connectivity index (χ2n) is 7.74. The summed E-state index contributed by atoms with van der Waals surface area (Å²) < 4.78 is 0. The quantitative estimate of drug-likeness (QED) is 0.720. The van der Waals surface area contributed by atoms with E-state index in [0.29, 0.717) is 5.57 Å². The first-order valence-electron chi connectivity index (χ1n) is 10.2. The van der Waals surface area contributed by atoms with Gasteiger partial charge in [-0.3, -0.25) is 4.79 Å². The van der Waals surface area contributed by atoms with Crippen molar-refractivity contribution in [3.8, 4) is 0 Å². The van der Waals surface area contributed by atoms with E-state index in [1.165, 1.54) is 22.3 Å². The Balaban J connectivity index is 2.08. The smallest absolute Gasteiger partial charge is 0.159 e. The van der Waals surface area contributed by atoms with Gasteiger partial charge in [0.2, 0.25) is 0 Å². The van der Waals surface area contributed by atoms with Crippen molar-refractivity contribution in [2.24, 2.45) is 0 Å². The van der Waals surface area contributed by atoms with Crippen LogP contribution in [0.25, 0.3) is 11.1 Å². The molecule has 4 heteroatoms. The van der Waals surface area contributed by atoms with Gasteiger partial charge in [0.25, 0.3) is 0 Å². The Morgan fingerprint density at radius 3 is 2.55 bits per heavy atom. The van der Waals surface area contributed by atoms with E-state index < -0.39 is 0 Å². The molecule has 1 N–H and O–H groups in total. The van der Waals surface area contributed by atoms with Crippen LogP contribution in [0.3, 0.4) is 0 Å². The van der Waals surface area contributed by atoms with Crippen molar-refractivity contribution < 1.29 is 4.79 Å². The molecule has 1 aromatic carbocycles. The highest BCUT2D eigenvalue weighted by molar-refractivity contribution is 5.97. The lowest BCUT2D eigenvalue weighted by Crippen LogP contribution is -2.30. The zero-order valence-electron chi connectivity index (χ0n) is 18.1. The number of allylic oxidation sites excluding steroid dienone is 5. The summed E-state index contributed by atoms with van der Waals surface area (Å²) in [6.07, 6.45) is 9.88. The summed E-state index contributed by atoms with van der Waals surface area (Å²) in [6.45, 7) is 12.3. The van der Waals surface area contributed by atoms with Crippen molar-refractivity contribution in [2.45, 2.75) is 46.6 Å². The van der Waals surface area contributed by atoms with E-state index in [0.717, 1.165) is 24.2 Å². The van der Waals surface area contributed by atoms with Crippen LogP contribution in [-0.4, -0.2) is 28.8 Å². The molecular weight excluding hydrogens is 358 g/mol. The number of nitrogens with one attached hydrogen (secondary N) is 1. The fourth-order valence-corrected chi connectivity index (χ4v) is 4.03. The summed E-state index contributed by atoms with van der Waals surface area (Å²) in [5.74, 6) is 0.0570. The van der Waals surface area contributed by atoms with Gasteiger partial charge in [-0.05, 0) is 61.6 Å². The van der Waals surface area contributed by atoms with Crippen molar-refractivity contribution in [3.63, 3.8) is 0 Å². The summed E-state index contributed by atoms with van der Waals surface area (Å²) in [5, 5.41) is 2.02. The predicted molar refractivity (Wildman–Crippen MR) is 121 cm³/mol. The van der Waals surface area contributed by atoms with E-state index in [9.17, 15) is 4.79 Å². The molecule has 0 fully saturated rings. The van der Waals surface area contributed by atoms with Gasteiger partial charge >= 0.3 is 0 Å². The van der Waals surface area contributed by atoms with Crippen LogP contribution in [0.15, 0.2) is 72.4 Å². The zero-order valence-corrected chi connectivity index (χ0v) is 18.1. The molecule has 3 rings (SSSR count). The topological polar surface area (TPSA) is 35.6 Å². The number of Topliss-reactive ketones (excluding diaryl/α,β-unsaturated/α-hetero) is 1. The van der Waals surface area contributed by atoms with Crippen LogP contribution in [-0.2, 0) is 4.79 Å².